The minimum Gasteiger partial charge on any atom is -0.298 e. The van der Waals surface area contributed by atoms with Crippen molar-refractivity contribution in [3.63, 3.8) is 0 Å². The van der Waals surface area contributed by atoms with Crippen molar-refractivity contribution >= 4 is 6.29 Å². The van der Waals surface area contributed by atoms with Gasteiger partial charge in [0.2, 0.25) is 0 Å². The average molecular weight is 110 g/mol. The fourth-order valence-electron chi connectivity index (χ4n) is 0.317. The number of rotatable bonds is 3. The van der Waals surface area contributed by atoms with Gasteiger partial charge in [-0.3, -0.25) is 4.79 Å². The van der Waals surface area contributed by atoms with Gasteiger partial charge in [0.15, 0.2) is 0 Å². The summed E-state index contributed by atoms with van der Waals surface area (Å²) in [6.45, 7) is 5.28. The van der Waals surface area contributed by atoms with Gasteiger partial charge in [-0.05, 0) is 18.9 Å². The van der Waals surface area contributed by atoms with Gasteiger partial charge in [0.1, 0.15) is 6.29 Å². The summed E-state index contributed by atoms with van der Waals surface area (Å²) in [7, 11) is 0. The van der Waals surface area contributed by atoms with Gasteiger partial charge >= 0.3 is 0 Å². The lowest BCUT2D eigenvalue weighted by molar-refractivity contribution is -0.104. The van der Waals surface area contributed by atoms with Crippen LogP contribution in [0.2, 0.25) is 0 Å². The van der Waals surface area contributed by atoms with Crippen molar-refractivity contribution < 1.29 is 4.79 Å². The van der Waals surface area contributed by atoms with Crippen LogP contribution in [0, 0.1) is 0 Å². The maximum absolute atomic E-state index is 9.91. The summed E-state index contributed by atoms with van der Waals surface area (Å²) in [5, 5.41) is 0. The van der Waals surface area contributed by atoms with Gasteiger partial charge in [-0.25, -0.2) is 0 Å². The summed E-state index contributed by atoms with van der Waals surface area (Å²) >= 11 is 0. The van der Waals surface area contributed by atoms with E-state index in [1.54, 1.807) is 13.0 Å². The van der Waals surface area contributed by atoms with Gasteiger partial charge in [0.05, 0.1) is 0 Å². The molecule has 0 radical (unpaired) electrons. The monoisotopic (exact) mass is 110 g/mol. The first kappa shape index (κ1) is 7.15. The Morgan fingerprint density at radius 2 is 2.38 bits per heavy atom. The van der Waals surface area contributed by atoms with Crippen molar-refractivity contribution in [3.8, 4) is 0 Å². The molecule has 0 rings (SSSR count). The van der Waals surface area contributed by atoms with E-state index in [2.05, 4.69) is 6.58 Å². The summed E-state index contributed by atoms with van der Waals surface area (Å²) < 4.78 is 0. The first-order chi connectivity index (χ1) is 3.81. The van der Waals surface area contributed by atoms with E-state index >= 15 is 0 Å². The number of carbonyl (C=O) groups excluding carboxylic acids is 1. The maximum Gasteiger partial charge on any atom is 0.145 e. The molecular formula is C7H10O. The summed E-state index contributed by atoms with van der Waals surface area (Å²) in [5.41, 5.74) is 0.768. The van der Waals surface area contributed by atoms with E-state index in [0.29, 0.717) is 0 Å². The highest BCUT2D eigenvalue weighted by molar-refractivity contribution is 5.71. The van der Waals surface area contributed by atoms with Gasteiger partial charge in [0, 0.05) is 0 Å². The molecule has 0 aromatic carbocycles. The lowest BCUT2D eigenvalue weighted by Crippen LogP contribution is -1.73. The summed E-state index contributed by atoms with van der Waals surface area (Å²) in [6.07, 6.45) is 5.21. The Labute approximate surface area is 49.7 Å². The van der Waals surface area contributed by atoms with Gasteiger partial charge in [-0.2, -0.15) is 0 Å². The van der Waals surface area contributed by atoms with Crippen LogP contribution >= 0.6 is 0 Å². The van der Waals surface area contributed by atoms with Crippen LogP contribution in [-0.2, 0) is 4.79 Å². The normalized spacial score (nSPS) is 10.9. The molecule has 0 aliphatic carbocycles. The second-order valence-electron chi connectivity index (χ2n) is 1.59. The van der Waals surface area contributed by atoms with Crippen molar-refractivity contribution in [2.24, 2.45) is 0 Å². The van der Waals surface area contributed by atoms with Gasteiger partial charge in [-0.15, -0.1) is 6.58 Å². The van der Waals surface area contributed by atoms with Crippen LogP contribution < -0.4 is 0 Å². The Hall–Kier alpha value is -0.850. The molecule has 0 saturated heterocycles. The minimum atomic E-state index is 0.768. The van der Waals surface area contributed by atoms with E-state index in [4.69, 9.17) is 0 Å². The molecule has 0 fully saturated rings. The van der Waals surface area contributed by atoms with Crippen LogP contribution in [0.3, 0.4) is 0 Å². The zero-order chi connectivity index (χ0) is 6.41. The van der Waals surface area contributed by atoms with E-state index in [-0.39, 0.29) is 0 Å². The van der Waals surface area contributed by atoms with Gasteiger partial charge in [-0.1, -0.05) is 12.2 Å². The lowest BCUT2D eigenvalue weighted by Gasteiger charge is -1.81. The Kier molecular flexibility index (Phi) is 3.85. The minimum absolute atomic E-state index is 0.768. The molecule has 0 unspecified atom stereocenters. The second-order valence-corrected chi connectivity index (χ2v) is 1.59. The number of aldehydes is 1. The molecule has 0 amide bonds. The van der Waals surface area contributed by atoms with Crippen molar-refractivity contribution in [2.75, 3.05) is 0 Å². The van der Waals surface area contributed by atoms with Crippen LogP contribution in [0.15, 0.2) is 24.3 Å². The summed E-state index contributed by atoms with van der Waals surface area (Å²) in [4.78, 5) is 9.91. The van der Waals surface area contributed by atoms with Crippen LogP contribution in [0.5, 0.6) is 0 Å². The van der Waals surface area contributed by atoms with Crippen LogP contribution in [0.1, 0.15) is 13.3 Å². The van der Waals surface area contributed by atoms with E-state index in [0.717, 1.165) is 18.3 Å². The number of hydrogen-bond acceptors (Lipinski definition) is 1. The molecule has 0 aliphatic heterocycles. The highest BCUT2D eigenvalue weighted by Gasteiger charge is 1.77. The molecule has 0 aromatic rings. The second kappa shape index (κ2) is 4.31. The molecule has 0 N–H and O–H groups in total. The number of allylic oxidation sites excluding steroid dienone is 3. The fraction of sp³-hybridized carbons (Fsp3) is 0.286. The molecule has 0 saturated carbocycles. The maximum atomic E-state index is 9.91. The van der Waals surface area contributed by atoms with E-state index in [1.165, 1.54) is 0 Å². The lowest BCUT2D eigenvalue weighted by atomic mass is 10.3. The highest BCUT2D eigenvalue weighted by atomic mass is 16.1. The van der Waals surface area contributed by atoms with Crippen molar-refractivity contribution in [1.82, 2.24) is 0 Å². The quantitative estimate of drug-likeness (QED) is 0.307. The van der Waals surface area contributed by atoms with Crippen molar-refractivity contribution in [1.29, 1.82) is 0 Å². The van der Waals surface area contributed by atoms with Gasteiger partial charge in [0.25, 0.3) is 0 Å². The topological polar surface area (TPSA) is 17.1 Å². The van der Waals surface area contributed by atoms with Crippen molar-refractivity contribution in [2.45, 2.75) is 13.3 Å². The highest BCUT2D eigenvalue weighted by Crippen LogP contribution is 1.89. The molecule has 0 spiro atoms. The standard InChI is InChI=1S/C7H10O/c1-3-4-5-7(2)6-8/h3,5-6H,1,4H2,2H3/b7-5+. The molecule has 1 heteroatoms. The first-order valence-corrected chi connectivity index (χ1v) is 2.54. The summed E-state index contributed by atoms with van der Waals surface area (Å²) in [6, 6.07) is 0. The Morgan fingerprint density at radius 1 is 1.75 bits per heavy atom. The zero-order valence-corrected chi connectivity index (χ0v) is 5.05. The Morgan fingerprint density at radius 3 is 2.75 bits per heavy atom. The Balaban J connectivity index is 3.56. The van der Waals surface area contributed by atoms with Gasteiger partial charge < -0.3 is 0 Å². The van der Waals surface area contributed by atoms with E-state index < -0.39 is 0 Å². The molecular weight excluding hydrogens is 100 g/mol. The molecule has 0 atom stereocenters. The number of carbonyl (C=O) groups is 1. The molecule has 0 heterocycles. The van der Waals surface area contributed by atoms with Crippen LogP contribution in [0.4, 0.5) is 0 Å². The predicted octanol–water partition coefficient (Wildman–Crippen LogP) is 1.71. The third-order valence-corrected chi connectivity index (χ3v) is 0.792. The molecule has 44 valence electrons. The van der Waals surface area contributed by atoms with Crippen LogP contribution in [-0.4, -0.2) is 6.29 Å². The molecule has 0 bridgehead atoms. The van der Waals surface area contributed by atoms with Crippen molar-refractivity contribution in [3.05, 3.63) is 24.3 Å². The summed E-state index contributed by atoms with van der Waals surface area (Å²) in [5.74, 6) is 0. The predicted molar refractivity (Wildman–Crippen MR) is 34.6 cm³/mol. The molecule has 1 nitrogen and oxygen atoms in total. The van der Waals surface area contributed by atoms with Crippen LogP contribution in [0.25, 0.3) is 0 Å². The van der Waals surface area contributed by atoms with E-state index in [9.17, 15) is 4.79 Å². The molecule has 8 heavy (non-hydrogen) atoms. The number of hydrogen-bond donors (Lipinski definition) is 0. The third-order valence-electron chi connectivity index (χ3n) is 0.792. The smallest absolute Gasteiger partial charge is 0.145 e. The Bertz CT molecular complexity index is 112. The fourth-order valence-corrected chi connectivity index (χ4v) is 0.317. The largest absolute Gasteiger partial charge is 0.298 e. The molecule has 0 aliphatic rings. The van der Waals surface area contributed by atoms with E-state index in [1.807, 2.05) is 6.08 Å². The zero-order valence-electron chi connectivity index (χ0n) is 5.05. The first-order valence-electron chi connectivity index (χ1n) is 2.54. The molecule has 0 aromatic heterocycles. The average Bonchev–Trinajstić information content (AvgIpc) is 1.83. The third kappa shape index (κ3) is 3.34. The SMILES string of the molecule is C=CC/C=C(\C)C=O.